The third-order valence-corrected chi connectivity index (χ3v) is 6.50. The first-order chi connectivity index (χ1) is 16.3. The molecule has 34 heavy (non-hydrogen) atoms. The van der Waals surface area contributed by atoms with Crippen molar-refractivity contribution in [3.63, 3.8) is 0 Å². The second-order valence-corrected chi connectivity index (χ2v) is 8.88. The van der Waals surface area contributed by atoms with Crippen molar-refractivity contribution in [1.29, 1.82) is 0 Å². The number of aromatic amines is 1. The molecule has 7 nitrogen and oxygen atoms in total. The van der Waals surface area contributed by atoms with Crippen LogP contribution in [0.15, 0.2) is 63.7 Å². The molecule has 3 aromatic rings. The number of para-hydroxylation sites is 1. The topological polar surface area (TPSA) is 78.4 Å². The predicted octanol–water partition coefficient (Wildman–Crippen LogP) is 2.99. The molecule has 1 saturated heterocycles. The number of H-pyrrole nitrogens is 1. The van der Waals surface area contributed by atoms with Gasteiger partial charge in [0.2, 0.25) is 0 Å². The van der Waals surface area contributed by atoms with Gasteiger partial charge in [0.05, 0.1) is 23.0 Å². The maximum atomic E-state index is 14.7. The van der Waals surface area contributed by atoms with Crippen molar-refractivity contribution < 1.29 is 9.18 Å². The van der Waals surface area contributed by atoms with Crippen molar-refractivity contribution in [2.45, 2.75) is 33.4 Å². The molecule has 0 spiro atoms. The van der Waals surface area contributed by atoms with Crippen LogP contribution in [0, 0.1) is 5.82 Å². The van der Waals surface area contributed by atoms with Crippen LogP contribution in [-0.4, -0.2) is 57.5 Å². The van der Waals surface area contributed by atoms with E-state index in [4.69, 9.17) is 0 Å². The number of nitrogens with one attached hydrogen (secondary N) is 1. The molecule has 0 aliphatic carbocycles. The quantitative estimate of drug-likeness (QED) is 0.589. The van der Waals surface area contributed by atoms with E-state index in [0.29, 0.717) is 29.6 Å². The van der Waals surface area contributed by atoms with Gasteiger partial charge in [-0.15, -0.1) is 0 Å². The molecule has 178 valence electrons. The van der Waals surface area contributed by atoms with Crippen LogP contribution in [0.1, 0.15) is 36.7 Å². The molecule has 0 bridgehead atoms. The fraction of sp³-hybridized carbons (Fsp3) is 0.346. The summed E-state index contributed by atoms with van der Waals surface area (Å²) < 4.78 is 16.1. The van der Waals surface area contributed by atoms with Crippen LogP contribution in [0.3, 0.4) is 0 Å². The lowest BCUT2D eigenvalue weighted by Gasteiger charge is -2.40. The van der Waals surface area contributed by atoms with Gasteiger partial charge in [0.1, 0.15) is 5.82 Å². The van der Waals surface area contributed by atoms with Crippen molar-refractivity contribution in [3.05, 3.63) is 91.9 Å². The largest absolute Gasteiger partial charge is 0.336 e. The Morgan fingerprint density at radius 1 is 1.18 bits per heavy atom. The molecule has 2 heterocycles. The highest BCUT2D eigenvalue weighted by Gasteiger charge is 2.28. The van der Waals surface area contributed by atoms with E-state index in [9.17, 15) is 18.8 Å². The third kappa shape index (κ3) is 4.72. The Labute approximate surface area is 197 Å². The van der Waals surface area contributed by atoms with Crippen molar-refractivity contribution in [3.8, 4) is 0 Å². The number of fused-ring (bicyclic) bond motifs is 1. The first kappa shape index (κ1) is 23.6. The monoisotopic (exact) mass is 464 g/mol. The minimum Gasteiger partial charge on any atom is -0.336 e. The first-order valence-corrected chi connectivity index (χ1v) is 11.4. The average molecular weight is 465 g/mol. The second-order valence-electron chi connectivity index (χ2n) is 8.88. The predicted molar refractivity (Wildman–Crippen MR) is 131 cm³/mol. The number of rotatable bonds is 5. The van der Waals surface area contributed by atoms with E-state index in [-0.39, 0.29) is 24.1 Å². The number of amides is 1. The molecule has 1 aliphatic rings. The summed E-state index contributed by atoms with van der Waals surface area (Å²) in [5.74, 6) is -0.945. The molecule has 1 fully saturated rings. The van der Waals surface area contributed by atoms with E-state index >= 15 is 0 Å². The molecule has 0 saturated carbocycles. The van der Waals surface area contributed by atoms with E-state index in [0.717, 1.165) is 13.1 Å². The van der Waals surface area contributed by atoms with Gasteiger partial charge in [0.25, 0.3) is 11.5 Å². The van der Waals surface area contributed by atoms with Crippen LogP contribution < -0.4 is 11.2 Å². The average Bonchev–Trinajstić information content (AvgIpc) is 2.83. The Balaban J connectivity index is 1.58. The smallest absolute Gasteiger partial charge is 0.329 e. The molecule has 0 unspecified atom stereocenters. The zero-order valence-electron chi connectivity index (χ0n) is 19.7. The number of carbonyl (C=O) groups excluding carboxylic acids is 1. The molecule has 8 heteroatoms. The molecule has 1 amide bonds. The Morgan fingerprint density at radius 3 is 2.68 bits per heavy atom. The SMILES string of the molecule is CC=C(C)CN1CCN(C(=O)c2cc(Cn3c(=O)[nH]c(=O)c4ccccc43)ccc2F)C[C@H]1C. The van der Waals surface area contributed by atoms with Gasteiger partial charge >= 0.3 is 5.69 Å². The molecule has 0 radical (unpaired) electrons. The van der Waals surface area contributed by atoms with Gasteiger partial charge in [-0.2, -0.15) is 0 Å². The zero-order valence-corrected chi connectivity index (χ0v) is 19.7. The number of carbonyl (C=O) groups is 1. The number of piperazine rings is 1. The van der Waals surface area contributed by atoms with Crippen LogP contribution >= 0.6 is 0 Å². The summed E-state index contributed by atoms with van der Waals surface area (Å²) in [7, 11) is 0. The number of benzene rings is 2. The summed E-state index contributed by atoms with van der Waals surface area (Å²) in [4.78, 5) is 44.2. The molecule has 1 aliphatic heterocycles. The lowest BCUT2D eigenvalue weighted by Crippen LogP contribution is -2.54. The highest BCUT2D eigenvalue weighted by molar-refractivity contribution is 5.94. The van der Waals surface area contributed by atoms with Gasteiger partial charge in [-0.05, 0) is 50.6 Å². The molecule has 4 rings (SSSR count). The standard InChI is InChI=1S/C26H29FN4O3/c1-4-17(2)14-29-11-12-30(15-18(29)3)25(33)21-13-19(9-10-22(21)27)16-31-23-8-6-5-7-20(23)24(32)28-26(31)34/h4-10,13,18H,11-12,14-16H2,1-3H3,(H,28,32,34)/t18-/m1/s1. The number of hydrogen-bond acceptors (Lipinski definition) is 4. The number of nitrogens with zero attached hydrogens (tertiary/aromatic N) is 3. The summed E-state index contributed by atoms with van der Waals surface area (Å²) in [6.45, 7) is 8.88. The van der Waals surface area contributed by atoms with Crippen molar-refractivity contribution >= 4 is 16.8 Å². The van der Waals surface area contributed by atoms with E-state index in [2.05, 4.69) is 29.8 Å². The lowest BCUT2D eigenvalue weighted by molar-refractivity contribution is 0.0533. The Morgan fingerprint density at radius 2 is 1.94 bits per heavy atom. The third-order valence-electron chi connectivity index (χ3n) is 6.50. The molecule has 2 aromatic carbocycles. The van der Waals surface area contributed by atoms with Gasteiger partial charge in [0.15, 0.2) is 0 Å². The summed E-state index contributed by atoms with van der Waals surface area (Å²) in [6.07, 6.45) is 2.09. The van der Waals surface area contributed by atoms with Gasteiger partial charge in [0, 0.05) is 32.2 Å². The van der Waals surface area contributed by atoms with Crippen LogP contribution in [0.5, 0.6) is 0 Å². The van der Waals surface area contributed by atoms with E-state index in [1.165, 1.54) is 22.3 Å². The second kappa shape index (κ2) is 9.77. The molecular formula is C26H29FN4O3. The van der Waals surface area contributed by atoms with E-state index in [1.807, 2.05) is 6.92 Å². The van der Waals surface area contributed by atoms with Crippen LogP contribution in [0.2, 0.25) is 0 Å². The van der Waals surface area contributed by atoms with Crippen molar-refractivity contribution in [2.75, 3.05) is 26.2 Å². The molecule has 1 aromatic heterocycles. The molecule has 1 atom stereocenters. The molecule has 1 N–H and O–H groups in total. The maximum absolute atomic E-state index is 14.7. The van der Waals surface area contributed by atoms with Crippen LogP contribution in [0.4, 0.5) is 4.39 Å². The van der Waals surface area contributed by atoms with E-state index < -0.39 is 17.1 Å². The fourth-order valence-electron chi connectivity index (χ4n) is 4.41. The van der Waals surface area contributed by atoms with Gasteiger partial charge < -0.3 is 4.90 Å². The van der Waals surface area contributed by atoms with Crippen LogP contribution in [0.25, 0.3) is 10.9 Å². The summed E-state index contributed by atoms with van der Waals surface area (Å²) in [5, 5.41) is 0.389. The summed E-state index contributed by atoms with van der Waals surface area (Å²) in [5.41, 5.74) is 1.33. The summed E-state index contributed by atoms with van der Waals surface area (Å²) >= 11 is 0. The normalized spacial score (nSPS) is 17.4. The van der Waals surface area contributed by atoms with E-state index in [1.54, 1.807) is 35.2 Å². The first-order valence-electron chi connectivity index (χ1n) is 11.4. The number of hydrogen-bond donors (Lipinski definition) is 1. The van der Waals surface area contributed by atoms with Crippen molar-refractivity contribution in [2.24, 2.45) is 0 Å². The number of halogens is 1. The Bertz CT molecular complexity index is 1370. The van der Waals surface area contributed by atoms with Gasteiger partial charge in [-0.1, -0.05) is 29.8 Å². The number of aromatic nitrogens is 2. The minimum atomic E-state index is -0.590. The Kier molecular flexibility index (Phi) is 6.79. The minimum absolute atomic E-state index is 0.00966. The Hall–Kier alpha value is -3.52. The maximum Gasteiger partial charge on any atom is 0.329 e. The zero-order chi connectivity index (χ0) is 24.4. The highest BCUT2D eigenvalue weighted by atomic mass is 19.1. The van der Waals surface area contributed by atoms with Gasteiger partial charge in [-0.25, -0.2) is 9.18 Å². The number of allylic oxidation sites excluding steroid dienone is 1. The lowest BCUT2D eigenvalue weighted by atomic mass is 10.1. The van der Waals surface area contributed by atoms with Crippen LogP contribution in [-0.2, 0) is 6.54 Å². The molecular weight excluding hydrogens is 435 g/mol. The fourth-order valence-corrected chi connectivity index (χ4v) is 4.41. The highest BCUT2D eigenvalue weighted by Crippen LogP contribution is 2.19. The van der Waals surface area contributed by atoms with Crippen molar-refractivity contribution in [1.82, 2.24) is 19.4 Å². The summed E-state index contributed by atoms with van der Waals surface area (Å²) in [6, 6.07) is 11.3. The van der Waals surface area contributed by atoms with Gasteiger partial charge in [-0.3, -0.25) is 24.0 Å².